The van der Waals surface area contributed by atoms with Crippen molar-refractivity contribution in [3.63, 3.8) is 0 Å². The molecule has 0 heterocycles. The van der Waals surface area contributed by atoms with E-state index >= 15 is 0 Å². The van der Waals surface area contributed by atoms with Gasteiger partial charge in [0.1, 0.15) is 0 Å². The second-order valence-corrected chi connectivity index (χ2v) is 5.27. The molecule has 0 bridgehead atoms. The van der Waals surface area contributed by atoms with Gasteiger partial charge in [0.25, 0.3) is 0 Å². The molecule has 6 nitrogen and oxygen atoms in total. The maximum Gasteiger partial charge on any atom is 0.311 e. The van der Waals surface area contributed by atoms with Crippen molar-refractivity contribution < 1.29 is 14.8 Å². The van der Waals surface area contributed by atoms with Crippen molar-refractivity contribution in [2.45, 2.75) is 37.6 Å². The lowest BCUT2D eigenvalue weighted by molar-refractivity contribution is -0.385. The molecule has 0 atom stereocenters. The third kappa shape index (κ3) is 3.01. The molecule has 1 fully saturated rings. The first-order chi connectivity index (χ1) is 9.60. The minimum atomic E-state index is -0.467. The Morgan fingerprint density at radius 1 is 1.40 bits per heavy atom. The standard InChI is InChI=1S/C14H20N2O4/c1-20-13-9-11(5-6-12(13)16(18)19)15-14(10-17)7-3-2-4-8-14/h5-6,9,15,17H,2-4,7-8,10H2,1H3. The van der Waals surface area contributed by atoms with Crippen LogP contribution in [0.2, 0.25) is 0 Å². The van der Waals surface area contributed by atoms with Crippen molar-refractivity contribution in [1.82, 2.24) is 0 Å². The number of nitro benzene ring substituents is 1. The van der Waals surface area contributed by atoms with E-state index in [1.165, 1.54) is 19.6 Å². The fraction of sp³-hybridized carbons (Fsp3) is 0.571. The zero-order valence-corrected chi connectivity index (χ0v) is 11.6. The molecule has 0 aromatic heterocycles. The van der Waals surface area contributed by atoms with Crippen molar-refractivity contribution in [3.05, 3.63) is 28.3 Å². The number of methoxy groups -OCH3 is 1. The summed E-state index contributed by atoms with van der Waals surface area (Å²) >= 11 is 0. The van der Waals surface area contributed by atoms with Gasteiger partial charge in [0.15, 0.2) is 5.75 Å². The number of nitrogens with zero attached hydrogens (tertiary/aromatic N) is 1. The van der Waals surface area contributed by atoms with Crippen molar-refractivity contribution in [1.29, 1.82) is 0 Å². The number of ether oxygens (including phenoxy) is 1. The van der Waals surface area contributed by atoms with Crippen molar-refractivity contribution in [3.8, 4) is 5.75 Å². The molecule has 0 saturated heterocycles. The number of nitrogens with one attached hydrogen (secondary N) is 1. The zero-order valence-electron chi connectivity index (χ0n) is 11.6. The number of benzene rings is 1. The minimum Gasteiger partial charge on any atom is -0.490 e. The van der Waals surface area contributed by atoms with Crippen LogP contribution in [0.1, 0.15) is 32.1 Å². The predicted octanol–water partition coefficient (Wildman–Crippen LogP) is 2.71. The van der Waals surface area contributed by atoms with Gasteiger partial charge in [0.05, 0.1) is 24.2 Å². The monoisotopic (exact) mass is 280 g/mol. The maximum atomic E-state index is 10.9. The van der Waals surface area contributed by atoms with E-state index in [0.717, 1.165) is 31.4 Å². The van der Waals surface area contributed by atoms with E-state index < -0.39 is 4.92 Å². The second-order valence-electron chi connectivity index (χ2n) is 5.27. The van der Waals surface area contributed by atoms with Gasteiger partial charge in [0, 0.05) is 17.8 Å². The van der Waals surface area contributed by atoms with E-state index in [-0.39, 0.29) is 23.6 Å². The third-order valence-corrected chi connectivity index (χ3v) is 3.90. The molecule has 1 saturated carbocycles. The van der Waals surface area contributed by atoms with Crippen molar-refractivity contribution >= 4 is 11.4 Å². The van der Waals surface area contributed by atoms with Crippen LogP contribution in [-0.4, -0.2) is 29.3 Å². The summed E-state index contributed by atoms with van der Waals surface area (Å²) in [6, 6.07) is 4.70. The summed E-state index contributed by atoms with van der Waals surface area (Å²) in [7, 11) is 1.41. The average Bonchev–Trinajstić information content (AvgIpc) is 2.47. The van der Waals surface area contributed by atoms with Gasteiger partial charge in [-0.2, -0.15) is 0 Å². The molecule has 0 radical (unpaired) electrons. The number of hydrogen-bond donors (Lipinski definition) is 2. The number of nitro groups is 1. The van der Waals surface area contributed by atoms with Gasteiger partial charge in [-0.3, -0.25) is 10.1 Å². The summed E-state index contributed by atoms with van der Waals surface area (Å²) in [6.07, 6.45) is 5.16. The molecule has 2 N–H and O–H groups in total. The molecule has 6 heteroatoms. The molecule has 1 aliphatic carbocycles. The maximum absolute atomic E-state index is 10.9. The summed E-state index contributed by atoms with van der Waals surface area (Å²) < 4.78 is 5.06. The second kappa shape index (κ2) is 6.09. The number of anilines is 1. The van der Waals surface area contributed by atoms with Gasteiger partial charge in [-0.05, 0) is 18.9 Å². The van der Waals surface area contributed by atoms with E-state index in [0.29, 0.717) is 0 Å². The highest BCUT2D eigenvalue weighted by atomic mass is 16.6. The Kier molecular flexibility index (Phi) is 4.44. The van der Waals surface area contributed by atoms with Crippen LogP contribution >= 0.6 is 0 Å². The molecule has 2 rings (SSSR count). The van der Waals surface area contributed by atoms with Crippen LogP contribution in [0.15, 0.2) is 18.2 Å². The Hall–Kier alpha value is -1.82. The van der Waals surface area contributed by atoms with E-state index in [1.807, 2.05) is 0 Å². The van der Waals surface area contributed by atoms with Crippen LogP contribution in [0, 0.1) is 10.1 Å². The predicted molar refractivity (Wildman–Crippen MR) is 76.2 cm³/mol. The highest BCUT2D eigenvalue weighted by molar-refractivity contribution is 5.59. The lowest BCUT2D eigenvalue weighted by Crippen LogP contribution is -2.43. The lowest BCUT2D eigenvalue weighted by atomic mass is 9.82. The molecule has 1 aliphatic rings. The van der Waals surface area contributed by atoms with Crippen LogP contribution in [0.5, 0.6) is 5.75 Å². The van der Waals surface area contributed by atoms with Crippen LogP contribution in [0.3, 0.4) is 0 Å². The van der Waals surface area contributed by atoms with Crippen LogP contribution in [0.4, 0.5) is 11.4 Å². The largest absolute Gasteiger partial charge is 0.490 e. The first kappa shape index (κ1) is 14.6. The van der Waals surface area contributed by atoms with Crippen LogP contribution in [0.25, 0.3) is 0 Å². The van der Waals surface area contributed by atoms with Crippen LogP contribution in [-0.2, 0) is 0 Å². The lowest BCUT2D eigenvalue weighted by Gasteiger charge is -2.37. The summed E-state index contributed by atoms with van der Waals surface area (Å²) in [6.45, 7) is 0.0618. The number of hydrogen-bond acceptors (Lipinski definition) is 5. The van der Waals surface area contributed by atoms with Crippen molar-refractivity contribution in [2.24, 2.45) is 0 Å². The van der Waals surface area contributed by atoms with Gasteiger partial charge in [-0.1, -0.05) is 19.3 Å². The Labute approximate surface area is 117 Å². The fourth-order valence-electron chi connectivity index (χ4n) is 2.76. The van der Waals surface area contributed by atoms with E-state index in [9.17, 15) is 15.2 Å². The first-order valence-electron chi connectivity index (χ1n) is 6.82. The average molecular weight is 280 g/mol. The molecular weight excluding hydrogens is 260 g/mol. The van der Waals surface area contributed by atoms with E-state index in [1.54, 1.807) is 12.1 Å². The number of aliphatic hydroxyl groups is 1. The topological polar surface area (TPSA) is 84.6 Å². The summed E-state index contributed by atoms with van der Waals surface area (Å²) in [4.78, 5) is 10.4. The summed E-state index contributed by atoms with van der Waals surface area (Å²) in [5, 5.41) is 23.9. The Morgan fingerprint density at radius 3 is 2.65 bits per heavy atom. The summed E-state index contributed by atoms with van der Waals surface area (Å²) in [5.41, 5.74) is 0.363. The van der Waals surface area contributed by atoms with Gasteiger partial charge in [-0.25, -0.2) is 0 Å². The molecule has 0 spiro atoms. The molecule has 1 aromatic carbocycles. The molecule has 1 aromatic rings. The van der Waals surface area contributed by atoms with Crippen molar-refractivity contribution in [2.75, 3.05) is 19.0 Å². The number of rotatable bonds is 5. The van der Waals surface area contributed by atoms with Crippen LogP contribution < -0.4 is 10.1 Å². The first-order valence-corrected chi connectivity index (χ1v) is 6.82. The molecule has 0 amide bonds. The minimum absolute atomic E-state index is 0.0558. The summed E-state index contributed by atoms with van der Waals surface area (Å²) in [5.74, 6) is 0.226. The fourth-order valence-corrected chi connectivity index (χ4v) is 2.76. The number of aliphatic hydroxyl groups excluding tert-OH is 1. The Bertz CT molecular complexity index is 484. The SMILES string of the molecule is COc1cc(NC2(CO)CCCCC2)ccc1[N+](=O)[O-]. The zero-order chi connectivity index (χ0) is 14.6. The highest BCUT2D eigenvalue weighted by Gasteiger charge is 2.31. The van der Waals surface area contributed by atoms with Gasteiger partial charge in [0.2, 0.25) is 0 Å². The molecule has 0 unspecified atom stereocenters. The van der Waals surface area contributed by atoms with Gasteiger partial charge in [-0.15, -0.1) is 0 Å². The molecule has 110 valence electrons. The Balaban J connectivity index is 2.22. The Morgan fingerprint density at radius 2 is 2.10 bits per heavy atom. The molecular formula is C14H20N2O4. The van der Waals surface area contributed by atoms with Gasteiger partial charge >= 0.3 is 5.69 Å². The highest BCUT2D eigenvalue weighted by Crippen LogP contribution is 2.35. The smallest absolute Gasteiger partial charge is 0.311 e. The van der Waals surface area contributed by atoms with Gasteiger partial charge < -0.3 is 15.2 Å². The van der Waals surface area contributed by atoms with E-state index in [4.69, 9.17) is 4.74 Å². The van der Waals surface area contributed by atoms with E-state index in [2.05, 4.69) is 5.32 Å². The quantitative estimate of drug-likeness (QED) is 0.640. The normalized spacial score (nSPS) is 17.5. The third-order valence-electron chi connectivity index (χ3n) is 3.90. The molecule has 0 aliphatic heterocycles. The molecule has 20 heavy (non-hydrogen) atoms.